The van der Waals surface area contributed by atoms with Gasteiger partial charge in [0.05, 0.1) is 5.69 Å². The molecule has 3 nitrogen and oxygen atoms in total. The first kappa shape index (κ1) is 16.7. The van der Waals surface area contributed by atoms with E-state index in [1.807, 2.05) is 13.8 Å². The van der Waals surface area contributed by atoms with Crippen molar-refractivity contribution in [3.05, 3.63) is 65.2 Å². The first-order valence-electron chi connectivity index (χ1n) is 8.99. The number of piperazine rings is 1. The molecule has 0 saturated carbocycles. The van der Waals surface area contributed by atoms with Gasteiger partial charge in [0.1, 0.15) is 5.84 Å². The highest BCUT2D eigenvalue weighted by atomic mass is 15.3. The van der Waals surface area contributed by atoms with E-state index in [1.165, 1.54) is 16.7 Å². The van der Waals surface area contributed by atoms with Gasteiger partial charge in [-0.05, 0) is 24.2 Å². The van der Waals surface area contributed by atoms with Crippen molar-refractivity contribution in [3.8, 4) is 0 Å². The summed E-state index contributed by atoms with van der Waals surface area (Å²) in [4.78, 5) is 9.88. The Balaban J connectivity index is 0.000000815. The topological polar surface area (TPSA) is 18.8 Å². The number of likely N-dealkylation sites (N-methyl/N-ethyl adjacent to an activating group) is 1. The van der Waals surface area contributed by atoms with Crippen molar-refractivity contribution in [2.75, 3.05) is 33.2 Å². The van der Waals surface area contributed by atoms with Crippen LogP contribution in [0.4, 0.5) is 5.69 Å². The summed E-state index contributed by atoms with van der Waals surface area (Å²) < 4.78 is 0. The number of benzene rings is 2. The van der Waals surface area contributed by atoms with Crippen LogP contribution in [0.5, 0.6) is 0 Å². The molecule has 0 bridgehead atoms. The second-order valence-electron chi connectivity index (χ2n) is 6.19. The standard InChI is InChI=1S/C19H21N3.C2H6/c1-21-10-12-22(13-11-21)19-17-8-4-2-6-15(17)14-16-7-3-5-9-18(16)20-19;1-2/h2-9H,10-14H2,1H3;1-2H3. The number of rotatable bonds is 0. The lowest BCUT2D eigenvalue weighted by Crippen LogP contribution is -2.47. The van der Waals surface area contributed by atoms with E-state index >= 15 is 0 Å². The maximum absolute atomic E-state index is 5.05. The Morgan fingerprint density at radius 1 is 0.792 bits per heavy atom. The van der Waals surface area contributed by atoms with Gasteiger partial charge in [-0.25, -0.2) is 4.99 Å². The van der Waals surface area contributed by atoms with Crippen LogP contribution in [0, 0.1) is 0 Å². The Hall–Kier alpha value is -2.13. The van der Waals surface area contributed by atoms with Gasteiger partial charge in [-0.3, -0.25) is 0 Å². The molecule has 0 amide bonds. The Kier molecular flexibility index (Phi) is 5.31. The monoisotopic (exact) mass is 321 g/mol. The van der Waals surface area contributed by atoms with Gasteiger partial charge in [-0.1, -0.05) is 56.3 Å². The lowest BCUT2D eigenvalue weighted by atomic mass is 9.99. The van der Waals surface area contributed by atoms with Crippen LogP contribution in [0.2, 0.25) is 0 Å². The van der Waals surface area contributed by atoms with Crippen LogP contribution in [0.3, 0.4) is 0 Å². The number of amidine groups is 1. The van der Waals surface area contributed by atoms with Gasteiger partial charge >= 0.3 is 0 Å². The molecule has 0 unspecified atom stereocenters. The SMILES string of the molecule is CC.CN1CCN(C2=Nc3ccccc3Cc3ccccc32)CC1. The van der Waals surface area contributed by atoms with Crippen molar-refractivity contribution in [1.29, 1.82) is 0 Å². The maximum atomic E-state index is 5.05. The van der Waals surface area contributed by atoms with Crippen LogP contribution in [0.1, 0.15) is 30.5 Å². The van der Waals surface area contributed by atoms with Gasteiger partial charge in [0.15, 0.2) is 0 Å². The van der Waals surface area contributed by atoms with E-state index in [4.69, 9.17) is 4.99 Å². The van der Waals surface area contributed by atoms with Crippen LogP contribution in [-0.2, 0) is 6.42 Å². The van der Waals surface area contributed by atoms with Crippen molar-refractivity contribution < 1.29 is 0 Å². The lowest BCUT2D eigenvalue weighted by molar-refractivity contribution is 0.216. The van der Waals surface area contributed by atoms with Crippen molar-refractivity contribution in [1.82, 2.24) is 9.80 Å². The summed E-state index contributed by atoms with van der Waals surface area (Å²) in [6, 6.07) is 17.2. The molecule has 0 aliphatic carbocycles. The summed E-state index contributed by atoms with van der Waals surface area (Å²) in [5.41, 5.74) is 5.11. The Morgan fingerprint density at radius 2 is 1.42 bits per heavy atom. The predicted molar refractivity (Wildman–Crippen MR) is 102 cm³/mol. The lowest BCUT2D eigenvalue weighted by Gasteiger charge is -2.35. The molecule has 2 heterocycles. The molecule has 1 fully saturated rings. The van der Waals surface area contributed by atoms with E-state index in [-0.39, 0.29) is 0 Å². The number of hydrogen-bond acceptors (Lipinski definition) is 3. The van der Waals surface area contributed by atoms with Gasteiger partial charge in [-0.15, -0.1) is 0 Å². The highest BCUT2D eigenvalue weighted by molar-refractivity contribution is 6.02. The van der Waals surface area contributed by atoms with E-state index in [1.54, 1.807) is 0 Å². The minimum Gasteiger partial charge on any atom is -0.354 e. The van der Waals surface area contributed by atoms with Crippen LogP contribution < -0.4 is 0 Å². The first-order chi connectivity index (χ1) is 11.8. The normalized spacial score (nSPS) is 17.0. The quantitative estimate of drug-likeness (QED) is 0.732. The van der Waals surface area contributed by atoms with E-state index < -0.39 is 0 Å². The van der Waals surface area contributed by atoms with E-state index in [0.717, 1.165) is 44.1 Å². The van der Waals surface area contributed by atoms with E-state index in [9.17, 15) is 0 Å². The minimum atomic E-state index is 0.965. The smallest absolute Gasteiger partial charge is 0.136 e. The summed E-state index contributed by atoms with van der Waals surface area (Å²) in [6.45, 7) is 8.29. The van der Waals surface area contributed by atoms with Crippen LogP contribution in [0.25, 0.3) is 0 Å². The first-order valence-corrected chi connectivity index (χ1v) is 8.99. The molecule has 3 heteroatoms. The Labute approximate surface area is 145 Å². The van der Waals surface area contributed by atoms with Crippen molar-refractivity contribution in [2.45, 2.75) is 20.3 Å². The molecule has 0 radical (unpaired) electrons. The molecule has 126 valence electrons. The largest absolute Gasteiger partial charge is 0.354 e. The van der Waals surface area contributed by atoms with Crippen LogP contribution in [-0.4, -0.2) is 48.9 Å². The molecule has 0 aromatic heterocycles. The van der Waals surface area contributed by atoms with Crippen molar-refractivity contribution in [2.24, 2.45) is 4.99 Å². The molecule has 2 aliphatic rings. The summed E-state index contributed by atoms with van der Waals surface area (Å²) in [5.74, 6) is 1.15. The minimum absolute atomic E-state index is 0.965. The molecular formula is C21H27N3. The number of fused-ring (bicyclic) bond motifs is 2. The molecule has 24 heavy (non-hydrogen) atoms. The third-order valence-corrected chi connectivity index (χ3v) is 4.66. The second kappa shape index (κ2) is 7.63. The molecule has 2 aromatic carbocycles. The van der Waals surface area contributed by atoms with Crippen molar-refractivity contribution >= 4 is 11.5 Å². The fourth-order valence-electron chi connectivity index (χ4n) is 3.30. The molecule has 2 aliphatic heterocycles. The molecule has 0 N–H and O–H groups in total. The molecule has 0 atom stereocenters. The average Bonchev–Trinajstić information content (AvgIpc) is 2.81. The zero-order chi connectivity index (χ0) is 16.9. The third kappa shape index (κ3) is 3.36. The van der Waals surface area contributed by atoms with Gasteiger partial charge < -0.3 is 9.80 Å². The van der Waals surface area contributed by atoms with E-state index in [2.05, 4.69) is 65.4 Å². The number of aliphatic imine (C=N–C) groups is 1. The molecule has 4 rings (SSSR count). The highest BCUT2D eigenvalue weighted by Crippen LogP contribution is 2.29. The maximum Gasteiger partial charge on any atom is 0.136 e. The average molecular weight is 321 g/mol. The fourth-order valence-corrected chi connectivity index (χ4v) is 3.30. The van der Waals surface area contributed by atoms with Gasteiger partial charge in [0.25, 0.3) is 0 Å². The zero-order valence-corrected chi connectivity index (χ0v) is 15.0. The van der Waals surface area contributed by atoms with Crippen molar-refractivity contribution in [3.63, 3.8) is 0 Å². The summed E-state index contributed by atoms with van der Waals surface area (Å²) in [5, 5.41) is 0. The Morgan fingerprint density at radius 3 is 2.17 bits per heavy atom. The van der Waals surface area contributed by atoms with Crippen LogP contribution >= 0.6 is 0 Å². The van der Waals surface area contributed by atoms with Gasteiger partial charge in [0.2, 0.25) is 0 Å². The predicted octanol–water partition coefficient (Wildman–Crippen LogP) is 3.94. The molecule has 2 aromatic rings. The Bertz CT molecular complexity index is 713. The molecular weight excluding hydrogens is 294 g/mol. The van der Waals surface area contributed by atoms with Crippen LogP contribution in [0.15, 0.2) is 53.5 Å². The van der Waals surface area contributed by atoms with Gasteiger partial charge in [0, 0.05) is 38.2 Å². The summed E-state index contributed by atoms with van der Waals surface area (Å²) >= 11 is 0. The number of nitrogens with zero attached hydrogens (tertiary/aromatic N) is 3. The van der Waals surface area contributed by atoms with Gasteiger partial charge in [-0.2, -0.15) is 0 Å². The zero-order valence-electron chi connectivity index (χ0n) is 15.0. The molecule has 1 saturated heterocycles. The molecule has 0 spiro atoms. The highest BCUT2D eigenvalue weighted by Gasteiger charge is 2.23. The number of hydrogen-bond donors (Lipinski definition) is 0. The summed E-state index contributed by atoms with van der Waals surface area (Å²) in [6.07, 6.45) is 0.965. The van der Waals surface area contributed by atoms with E-state index in [0.29, 0.717) is 0 Å². The third-order valence-electron chi connectivity index (χ3n) is 4.66. The second-order valence-corrected chi connectivity index (χ2v) is 6.19. The number of para-hydroxylation sites is 1. The fraction of sp³-hybridized carbons (Fsp3) is 0.381. The summed E-state index contributed by atoms with van der Waals surface area (Å²) in [7, 11) is 2.19.